The number of hydrazine groups is 1. The normalized spacial score (nSPS) is 21.6. The molecule has 5 atom stereocenters. The quantitative estimate of drug-likeness (QED) is 0.0615. The molecule has 3 aromatic rings. The number of methoxy groups -OCH3 is 1. The molecule has 0 radical (unpaired) electrons. The zero-order chi connectivity index (χ0) is 33.9. The van der Waals surface area contributed by atoms with Gasteiger partial charge in [-0.2, -0.15) is 0 Å². The minimum atomic E-state index is -1.17. The number of amides is 1. The van der Waals surface area contributed by atoms with Gasteiger partial charge in [0, 0.05) is 74.9 Å². The molecule has 1 amide bonds. The molecule has 11 heteroatoms. The summed E-state index contributed by atoms with van der Waals surface area (Å²) in [5.41, 5.74) is 11.2. The minimum Gasteiger partial charge on any atom is -0.468 e. The third-order valence-corrected chi connectivity index (χ3v) is 10.5. The van der Waals surface area contributed by atoms with Gasteiger partial charge in [0.2, 0.25) is 5.91 Å². The van der Waals surface area contributed by atoms with E-state index in [1.54, 1.807) is 6.92 Å². The van der Waals surface area contributed by atoms with Crippen LogP contribution in [0.1, 0.15) is 143 Å². The SMILES string of the molecule is CC[C@H]1c2cc3[nH]c4c(c3C)C(=O)C(C(=O)OC)c4c3nc(cc4[nH]c(cc(n2)[C@@H]1C)c(C(C)=O)c4C)[C@@H](C)[C@@H]3CCCC(=O)NN. The second-order valence-electron chi connectivity index (χ2n) is 13.1. The van der Waals surface area contributed by atoms with Gasteiger partial charge >= 0.3 is 5.97 Å². The number of esters is 1. The Labute approximate surface area is 273 Å². The van der Waals surface area contributed by atoms with E-state index in [4.69, 9.17) is 20.5 Å². The van der Waals surface area contributed by atoms with E-state index in [-0.39, 0.29) is 47.6 Å². The first-order valence-electron chi connectivity index (χ1n) is 16.3. The van der Waals surface area contributed by atoms with E-state index in [1.807, 2.05) is 32.0 Å². The Kier molecular flexibility index (Phi) is 8.38. The zero-order valence-corrected chi connectivity index (χ0v) is 28.0. The molecule has 5 heterocycles. The lowest BCUT2D eigenvalue weighted by molar-refractivity contribution is -0.141. The summed E-state index contributed by atoms with van der Waals surface area (Å²) in [4.78, 5) is 69.7. The van der Waals surface area contributed by atoms with E-state index in [0.29, 0.717) is 46.3 Å². The number of fused-ring (bicyclic) bond motifs is 8. The highest BCUT2D eigenvalue weighted by Crippen LogP contribution is 2.48. The molecule has 0 saturated carbocycles. The summed E-state index contributed by atoms with van der Waals surface area (Å²) in [7, 11) is 1.28. The fourth-order valence-electron chi connectivity index (χ4n) is 7.89. The lowest BCUT2D eigenvalue weighted by atomic mass is 9.83. The number of hydrogen-bond acceptors (Lipinski definition) is 8. The highest BCUT2D eigenvalue weighted by Gasteiger charge is 2.45. The summed E-state index contributed by atoms with van der Waals surface area (Å²) in [6, 6.07) is 5.95. The Bertz CT molecular complexity index is 2010. The second kappa shape index (κ2) is 12.2. The number of rotatable bonds is 7. The summed E-state index contributed by atoms with van der Waals surface area (Å²) in [6.45, 7) is 11.7. The Morgan fingerprint density at radius 2 is 1.57 bits per heavy atom. The van der Waals surface area contributed by atoms with Crippen molar-refractivity contribution in [2.75, 3.05) is 7.11 Å². The molecule has 3 aromatic heterocycles. The van der Waals surface area contributed by atoms with E-state index < -0.39 is 11.9 Å². The Morgan fingerprint density at radius 3 is 2.23 bits per heavy atom. The van der Waals surface area contributed by atoms with Crippen molar-refractivity contribution in [3.63, 3.8) is 0 Å². The first-order valence-corrected chi connectivity index (χ1v) is 16.3. The number of ether oxygens (including phenoxy) is 1. The monoisotopic (exact) mass is 638 g/mol. The maximum Gasteiger partial charge on any atom is 0.321 e. The molecule has 11 nitrogen and oxygen atoms in total. The van der Waals surface area contributed by atoms with Crippen LogP contribution in [0.5, 0.6) is 0 Å². The van der Waals surface area contributed by atoms with E-state index >= 15 is 0 Å². The number of H-pyrrole nitrogens is 2. The van der Waals surface area contributed by atoms with Gasteiger partial charge in [0.1, 0.15) is 5.92 Å². The molecule has 1 aliphatic carbocycles. The number of aryl methyl sites for hydroxylation is 2. The van der Waals surface area contributed by atoms with Crippen LogP contribution in [0, 0.1) is 13.8 Å². The van der Waals surface area contributed by atoms with Crippen LogP contribution < -0.4 is 11.3 Å². The summed E-state index contributed by atoms with van der Waals surface area (Å²) in [6.07, 6.45) is 2.17. The lowest BCUT2D eigenvalue weighted by Crippen LogP contribution is -2.29. The number of Topliss-reactive ketones (excluding diaryl/α,β-unsaturated/α-hetero) is 2. The molecule has 1 unspecified atom stereocenters. The molecule has 246 valence electrons. The number of aromatic nitrogens is 4. The Balaban J connectivity index is 1.75. The van der Waals surface area contributed by atoms with Gasteiger partial charge in [-0.15, -0.1) is 0 Å². The number of carbonyl (C=O) groups excluding carboxylic acids is 4. The number of nitrogens with zero attached hydrogens (tertiary/aromatic N) is 2. The largest absolute Gasteiger partial charge is 0.468 e. The predicted octanol–water partition coefficient (Wildman–Crippen LogP) is 5.93. The number of ketones is 2. The van der Waals surface area contributed by atoms with Crippen molar-refractivity contribution in [1.82, 2.24) is 25.4 Å². The Hall–Kier alpha value is -4.64. The molecule has 5 N–H and O–H groups in total. The van der Waals surface area contributed by atoms with Crippen LogP contribution in [0.4, 0.5) is 0 Å². The highest BCUT2D eigenvalue weighted by atomic mass is 16.5. The number of aromatic amines is 2. The van der Waals surface area contributed by atoms with Crippen molar-refractivity contribution in [3.8, 4) is 0 Å². The van der Waals surface area contributed by atoms with E-state index in [9.17, 15) is 19.2 Å². The van der Waals surface area contributed by atoms with Gasteiger partial charge < -0.3 is 14.7 Å². The van der Waals surface area contributed by atoms with Gasteiger partial charge in [-0.3, -0.25) is 34.6 Å². The lowest BCUT2D eigenvalue weighted by Gasteiger charge is -2.19. The molecule has 0 spiro atoms. The molecular formula is C36H42N6O5. The van der Waals surface area contributed by atoms with Crippen molar-refractivity contribution in [2.24, 2.45) is 5.84 Å². The van der Waals surface area contributed by atoms with Crippen LogP contribution >= 0.6 is 0 Å². The van der Waals surface area contributed by atoms with Gasteiger partial charge in [0.25, 0.3) is 0 Å². The molecular weight excluding hydrogens is 596 g/mol. The van der Waals surface area contributed by atoms with Crippen molar-refractivity contribution in [1.29, 1.82) is 0 Å². The van der Waals surface area contributed by atoms with Crippen LogP contribution in [0.2, 0.25) is 0 Å². The number of nitrogens with two attached hydrogens (primary N) is 1. The molecule has 3 aliphatic rings. The molecule has 0 fully saturated rings. The number of hydrogen-bond donors (Lipinski definition) is 4. The zero-order valence-electron chi connectivity index (χ0n) is 28.0. The van der Waals surface area contributed by atoms with Gasteiger partial charge in [-0.1, -0.05) is 20.8 Å². The average molecular weight is 639 g/mol. The summed E-state index contributed by atoms with van der Waals surface area (Å²) in [5.74, 6) is 2.77. The third kappa shape index (κ3) is 5.17. The van der Waals surface area contributed by atoms with Gasteiger partial charge in [0.15, 0.2) is 11.6 Å². The van der Waals surface area contributed by atoms with Gasteiger partial charge in [0.05, 0.1) is 23.8 Å². The van der Waals surface area contributed by atoms with Crippen LogP contribution in [0.25, 0.3) is 22.1 Å². The van der Waals surface area contributed by atoms with Crippen molar-refractivity contribution < 1.29 is 23.9 Å². The summed E-state index contributed by atoms with van der Waals surface area (Å²) >= 11 is 0. The van der Waals surface area contributed by atoms with E-state index in [0.717, 1.165) is 45.7 Å². The fraction of sp³-hybridized carbons (Fsp3) is 0.444. The molecule has 0 saturated heterocycles. The molecule has 0 aromatic carbocycles. The molecule has 8 bridgehead atoms. The smallest absolute Gasteiger partial charge is 0.321 e. The standard InChI is InChI=1S/C36H42N6O5/c1-8-20-15(2)22-14-27-29(19(6)43)17(4)24(39-27)12-23-16(3)21(10-9-11-28(44)42-37)33(40-23)31-32(36(46)47-7)35(45)30-18(5)25(41-34(30)31)13-26(20)38-22/h12-16,20-21,32,39,41H,8-11,37H2,1-7H3,(H,42,44)/t15-,16+,20-,21+,32?/m1/s1. The van der Waals surface area contributed by atoms with Crippen LogP contribution in [-0.2, 0) is 14.3 Å². The predicted molar refractivity (Wildman–Crippen MR) is 178 cm³/mol. The Morgan fingerprint density at radius 1 is 0.936 bits per heavy atom. The third-order valence-electron chi connectivity index (χ3n) is 10.5. The van der Waals surface area contributed by atoms with Crippen molar-refractivity contribution >= 4 is 45.5 Å². The van der Waals surface area contributed by atoms with Crippen molar-refractivity contribution in [3.05, 3.63) is 68.8 Å². The maximum atomic E-state index is 14.1. The topological polar surface area (TPSA) is 173 Å². The summed E-state index contributed by atoms with van der Waals surface area (Å²) in [5, 5.41) is 0. The second-order valence-corrected chi connectivity index (χ2v) is 13.1. The average Bonchev–Trinajstić information content (AvgIpc) is 3.78. The minimum absolute atomic E-state index is 0.0518. The fourth-order valence-corrected chi connectivity index (χ4v) is 7.89. The van der Waals surface area contributed by atoms with E-state index in [1.165, 1.54) is 7.11 Å². The van der Waals surface area contributed by atoms with Gasteiger partial charge in [-0.25, -0.2) is 5.84 Å². The molecule has 2 aliphatic heterocycles. The first kappa shape index (κ1) is 32.3. The summed E-state index contributed by atoms with van der Waals surface area (Å²) < 4.78 is 5.18. The highest BCUT2D eigenvalue weighted by molar-refractivity contribution is 6.23. The number of nitrogens with one attached hydrogen (secondary N) is 3. The van der Waals surface area contributed by atoms with E-state index in [2.05, 4.69) is 36.2 Å². The van der Waals surface area contributed by atoms with Gasteiger partial charge in [-0.05, 0) is 69.4 Å². The molecule has 47 heavy (non-hydrogen) atoms. The first-order chi connectivity index (χ1) is 22.4. The van der Waals surface area contributed by atoms with Crippen LogP contribution in [0.15, 0.2) is 18.2 Å². The molecule has 6 rings (SSSR count). The van der Waals surface area contributed by atoms with Crippen LogP contribution in [0.3, 0.4) is 0 Å². The maximum absolute atomic E-state index is 14.1. The number of carbonyl (C=O) groups is 4. The van der Waals surface area contributed by atoms with Crippen molar-refractivity contribution in [2.45, 2.75) is 96.8 Å². The van der Waals surface area contributed by atoms with Crippen LogP contribution in [-0.4, -0.2) is 50.5 Å².